The number of rotatable bonds is 4. The lowest BCUT2D eigenvalue weighted by atomic mass is 9.94. The number of hydrogen-bond acceptors (Lipinski definition) is 3. The summed E-state index contributed by atoms with van der Waals surface area (Å²) in [6.07, 6.45) is 3.47. The molecule has 1 saturated heterocycles. The van der Waals surface area contributed by atoms with E-state index in [1.807, 2.05) is 11.7 Å². The normalized spacial score (nSPS) is 28.2. The van der Waals surface area contributed by atoms with E-state index in [-0.39, 0.29) is 11.6 Å². The molecule has 1 aromatic heterocycles. The van der Waals surface area contributed by atoms with E-state index in [0.717, 1.165) is 19.6 Å². The summed E-state index contributed by atoms with van der Waals surface area (Å²) in [4.78, 5) is 0. The third-order valence-corrected chi connectivity index (χ3v) is 4.05. The molecule has 2 rings (SSSR count). The fourth-order valence-corrected chi connectivity index (χ4v) is 2.54. The Morgan fingerprint density at radius 2 is 2.33 bits per heavy atom. The Kier molecular flexibility index (Phi) is 3.78. The van der Waals surface area contributed by atoms with E-state index >= 15 is 0 Å². The summed E-state index contributed by atoms with van der Waals surface area (Å²) in [5.74, 6) is 0.466. The highest BCUT2D eigenvalue weighted by Crippen LogP contribution is 2.26. The zero-order valence-corrected chi connectivity index (χ0v) is 12.2. The Morgan fingerprint density at radius 3 is 2.89 bits per heavy atom. The standard InChI is InChI=1S/C14H25N3O/c1-10(2)13-12(9-17(5)16-13)8-15-14(4)6-7-18-11(14)3/h9-11,15H,6-8H2,1-5H3. The number of nitrogens with one attached hydrogen (secondary N) is 1. The molecule has 2 heterocycles. The molecule has 0 saturated carbocycles. The van der Waals surface area contributed by atoms with Gasteiger partial charge in [0.2, 0.25) is 0 Å². The van der Waals surface area contributed by atoms with Gasteiger partial charge in [0.05, 0.1) is 11.8 Å². The summed E-state index contributed by atoms with van der Waals surface area (Å²) in [5, 5.41) is 8.20. The van der Waals surface area contributed by atoms with Crippen molar-refractivity contribution in [2.75, 3.05) is 6.61 Å². The van der Waals surface area contributed by atoms with Crippen LogP contribution in [0.15, 0.2) is 6.20 Å². The summed E-state index contributed by atoms with van der Waals surface area (Å²) in [6, 6.07) is 0. The molecule has 0 bridgehead atoms. The Balaban J connectivity index is 2.06. The smallest absolute Gasteiger partial charge is 0.0726 e. The molecule has 0 spiro atoms. The van der Waals surface area contributed by atoms with Crippen molar-refractivity contribution in [3.63, 3.8) is 0 Å². The topological polar surface area (TPSA) is 39.1 Å². The summed E-state index contributed by atoms with van der Waals surface area (Å²) in [6.45, 7) is 10.5. The molecule has 2 unspecified atom stereocenters. The highest BCUT2D eigenvalue weighted by Gasteiger charge is 2.36. The van der Waals surface area contributed by atoms with Crippen LogP contribution in [0.4, 0.5) is 0 Å². The predicted octanol–water partition coefficient (Wildman–Crippen LogP) is 2.20. The molecule has 0 aromatic carbocycles. The molecule has 1 aromatic rings. The summed E-state index contributed by atoms with van der Waals surface area (Å²) >= 11 is 0. The van der Waals surface area contributed by atoms with Crippen molar-refractivity contribution in [3.05, 3.63) is 17.5 Å². The van der Waals surface area contributed by atoms with E-state index in [1.54, 1.807) is 0 Å². The molecule has 0 radical (unpaired) electrons. The second kappa shape index (κ2) is 5.02. The molecular weight excluding hydrogens is 226 g/mol. The molecule has 0 amide bonds. The maximum atomic E-state index is 5.66. The monoisotopic (exact) mass is 251 g/mol. The molecule has 1 aliphatic rings. The first-order chi connectivity index (χ1) is 8.42. The summed E-state index contributed by atoms with van der Waals surface area (Å²) in [5.41, 5.74) is 2.58. The molecule has 4 heteroatoms. The van der Waals surface area contributed by atoms with E-state index in [2.05, 4.69) is 44.3 Å². The van der Waals surface area contributed by atoms with Gasteiger partial charge in [0, 0.05) is 37.5 Å². The van der Waals surface area contributed by atoms with Gasteiger partial charge in [-0.25, -0.2) is 0 Å². The fourth-order valence-electron chi connectivity index (χ4n) is 2.54. The van der Waals surface area contributed by atoms with Crippen LogP contribution in [-0.4, -0.2) is 28.0 Å². The summed E-state index contributed by atoms with van der Waals surface area (Å²) < 4.78 is 7.56. The van der Waals surface area contributed by atoms with Crippen LogP contribution in [-0.2, 0) is 18.3 Å². The Labute approximate surface area is 110 Å². The van der Waals surface area contributed by atoms with Crippen LogP contribution in [0.25, 0.3) is 0 Å². The van der Waals surface area contributed by atoms with Crippen LogP contribution in [0.5, 0.6) is 0 Å². The first kappa shape index (κ1) is 13.6. The van der Waals surface area contributed by atoms with Crippen molar-refractivity contribution in [1.29, 1.82) is 0 Å². The van der Waals surface area contributed by atoms with Gasteiger partial charge >= 0.3 is 0 Å². The van der Waals surface area contributed by atoms with Crippen molar-refractivity contribution in [3.8, 4) is 0 Å². The van der Waals surface area contributed by atoms with E-state index in [9.17, 15) is 0 Å². The molecule has 102 valence electrons. The number of nitrogens with zero attached hydrogens (tertiary/aromatic N) is 2. The lowest BCUT2D eigenvalue weighted by Crippen LogP contribution is -2.47. The van der Waals surface area contributed by atoms with Gasteiger partial charge in [0.25, 0.3) is 0 Å². The van der Waals surface area contributed by atoms with Crippen molar-refractivity contribution < 1.29 is 4.74 Å². The second-order valence-electron chi connectivity index (χ2n) is 5.90. The van der Waals surface area contributed by atoms with E-state index in [1.165, 1.54) is 11.3 Å². The van der Waals surface area contributed by atoms with Gasteiger partial charge in [0.15, 0.2) is 0 Å². The van der Waals surface area contributed by atoms with Crippen LogP contribution in [0, 0.1) is 0 Å². The third-order valence-electron chi connectivity index (χ3n) is 4.05. The third kappa shape index (κ3) is 2.59. The highest BCUT2D eigenvalue weighted by atomic mass is 16.5. The minimum absolute atomic E-state index is 0.0874. The number of hydrogen-bond donors (Lipinski definition) is 1. The van der Waals surface area contributed by atoms with Gasteiger partial charge in [-0.05, 0) is 26.2 Å². The Hall–Kier alpha value is -0.870. The average molecular weight is 251 g/mol. The van der Waals surface area contributed by atoms with Gasteiger partial charge in [-0.3, -0.25) is 4.68 Å². The van der Waals surface area contributed by atoms with Crippen LogP contribution in [0.3, 0.4) is 0 Å². The summed E-state index contributed by atoms with van der Waals surface area (Å²) in [7, 11) is 1.98. The number of aryl methyl sites for hydroxylation is 1. The molecule has 1 fully saturated rings. The van der Waals surface area contributed by atoms with E-state index in [4.69, 9.17) is 4.74 Å². The molecule has 0 aliphatic carbocycles. The fraction of sp³-hybridized carbons (Fsp3) is 0.786. The molecule has 1 N–H and O–H groups in total. The zero-order chi connectivity index (χ0) is 13.3. The lowest BCUT2D eigenvalue weighted by Gasteiger charge is -2.29. The van der Waals surface area contributed by atoms with Gasteiger partial charge in [-0.2, -0.15) is 5.10 Å². The quantitative estimate of drug-likeness (QED) is 0.891. The largest absolute Gasteiger partial charge is 0.377 e. The van der Waals surface area contributed by atoms with Gasteiger partial charge < -0.3 is 10.1 Å². The van der Waals surface area contributed by atoms with Crippen LogP contribution in [0.2, 0.25) is 0 Å². The molecular formula is C14H25N3O. The first-order valence-corrected chi connectivity index (χ1v) is 6.81. The van der Waals surface area contributed by atoms with Crippen molar-refractivity contribution in [1.82, 2.24) is 15.1 Å². The van der Waals surface area contributed by atoms with Crippen molar-refractivity contribution in [2.24, 2.45) is 7.05 Å². The number of ether oxygens (including phenoxy) is 1. The van der Waals surface area contributed by atoms with Crippen molar-refractivity contribution in [2.45, 2.75) is 58.2 Å². The minimum atomic E-state index is 0.0874. The highest BCUT2D eigenvalue weighted by molar-refractivity contribution is 5.20. The molecule has 18 heavy (non-hydrogen) atoms. The van der Waals surface area contributed by atoms with Crippen LogP contribution < -0.4 is 5.32 Å². The van der Waals surface area contributed by atoms with Gasteiger partial charge in [0.1, 0.15) is 0 Å². The Bertz CT molecular complexity index is 413. The zero-order valence-electron chi connectivity index (χ0n) is 12.2. The second-order valence-corrected chi connectivity index (χ2v) is 5.90. The van der Waals surface area contributed by atoms with Gasteiger partial charge in [-0.1, -0.05) is 13.8 Å². The number of aromatic nitrogens is 2. The predicted molar refractivity (Wildman–Crippen MR) is 72.6 cm³/mol. The molecule has 4 nitrogen and oxygen atoms in total. The molecule has 1 aliphatic heterocycles. The van der Waals surface area contributed by atoms with Crippen LogP contribution >= 0.6 is 0 Å². The van der Waals surface area contributed by atoms with Gasteiger partial charge in [-0.15, -0.1) is 0 Å². The lowest BCUT2D eigenvalue weighted by molar-refractivity contribution is 0.0881. The Morgan fingerprint density at radius 1 is 1.61 bits per heavy atom. The maximum absolute atomic E-state index is 5.66. The maximum Gasteiger partial charge on any atom is 0.0726 e. The average Bonchev–Trinajstić information content (AvgIpc) is 2.82. The molecule has 2 atom stereocenters. The SMILES string of the molecule is CC(C)c1nn(C)cc1CNC1(C)CCOC1C. The first-order valence-electron chi connectivity index (χ1n) is 6.81. The van der Waals surface area contributed by atoms with E-state index < -0.39 is 0 Å². The van der Waals surface area contributed by atoms with Crippen LogP contribution in [0.1, 0.15) is 51.3 Å². The minimum Gasteiger partial charge on any atom is -0.377 e. The van der Waals surface area contributed by atoms with E-state index in [0.29, 0.717) is 5.92 Å². The van der Waals surface area contributed by atoms with Crippen molar-refractivity contribution >= 4 is 0 Å².